The van der Waals surface area contributed by atoms with E-state index < -0.39 is 0 Å². The van der Waals surface area contributed by atoms with Gasteiger partial charge in [0, 0.05) is 43.2 Å². The highest BCUT2D eigenvalue weighted by Gasteiger charge is 2.15. The zero-order chi connectivity index (χ0) is 18.4. The van der Waals surface area contributed by atoms with E-state index in [1.807, 2.05) is 51.2 Å². The third-order valence-electron chi connectivity index (χ3n) is 4.37. The summed E-state index contributed by atoms with van der Waals surface area (Å²) in [7, 11) is 1.84. The van der Waals surface area contributed by atoms with Gasteiger partial charge < -0.3 is 11.1 Å². The second-order valence-electron chi connectivity index (χ2n) is 6.33. The van der Waals surface area contributed by atoms with Crippen LogP contribution in [-0.2, 0) is 17.6 Å². The van der Waals surface area contributed by atoms with Gasteiger partial charge in [0.15, 0.2) is 5.78 Å². The quantitative estimate of drug-likeness (QED) is 0.564. The van der Waals surface area contributed by atoms with Crippen molar-refractivity contribution in [2.45, 2.75) is 39.5 Å². The number of nitrogen functional groups attached to an aromatic ring is 1. The largest absolute Gasteiger partial charge is 0.398 e. The molecule has 0 fully saturated rings. The Hall–Kier alpha value is -2.62. The van der Waals surface area contributed by atoms with Crippen LogP contribution in [0.15, 0.2) is 36.4 Å². The number of nitrogens with two attached hydrogens (primary N) is 1. The second-order valence-corrected chi connectivity index (χ2v) is 6.33. The number of carbonyl (C=O) groups is 2. The highest BCUT2D eigenvalue weighted by Crippen LogP contribution is 2.23. The van der Waals surface area contributed by atoms with Gasteiger partial charge in [-0.05, 0) is 48.2 Å². The zero-order valence-electron chi connectivity index (χ0n) is 15.2. The highest BCUT2D eigenvalue weighted by atomic mass is 16.1. The Labute approximate surface area is 149 Å². The van der Waals surface area contributed by atoms with Gasteiger partial charge in [-0.15, -0.1) is 0 Å². The number of Topliss-reactive ketones (excluding diaryl/α,β-unsaturated/α-hetero) is 2. The third-order valence-corrected chi connectivity index (χ3v) is 4.37. The summed E-state index contributed by atoms with van der Waals surface area (Å²) in [4.78, 5) is 24.6. The van der Waals surface area contributed by atoms with E-state index in [0.717, 1.165) is 28.8 Å². The van der Waals surface area contributed by atoms with Gasteiger partial charge in [-0.3, -0.25) is 9.59 Å². The average molecular weight is 338 g/mol. The smallest absolute Gasteiger partial charge is 0.167 e. The maximum Gasteiger partial charge on any atom is 0.167 e. The molecule has 2 aromatic rings. The maximum absolute atomic E-state index is 12.7. The molecule has 3 N–H and O–H groups in total. The van der Waals surface area contributed by atoms with Gasteiger partial charge in [-0.2, -0.15) is 0 Å². The van der Waals surface area contributed by atoms with Gasteiger partial charge in [0.1, 0.15) is 5.78 Å². The maximum atomic E-state index is 12.7. The first kappa shape index (κ1) is 18.7. The number of ketones is 2. The molecule has 0 amide bonds. The monoisotopic (exact) mass is 338 g/mol. The summed E-state index contributed by atoms with van der Waals surface area (Å²) < 4.78 is 0. The summed E-state index contributed by atoms with van der Waals surface area (Å²) in [5.74, 6) is 0.197. The first-order valence-corrected chi connectivity index (χ1v) is 8.65. The zero-order valence-corrected chi connectivity index (χ0v) is 15.2. The fourth-order valence-electron chi connectivity index (χ4n) is 3.00. The van der Waals surface area contributed by atoms with Gasteiger partial charge in [-0.25, -0.2) is 0 Å². The summed E-state index contributed by atoms with van der Waals surface area (Å²) in [6, 6.07) is 11.3. The van der Waals surface area contributed by atoms with Crippen molar-refractivity contribution < 1.29 is 9.59 Å². The Morgan fingerprint density at radius 1 is 1.12 bits per heavy atom. The molecule has 0 radical (unpaired) electrons. The van der Waals surface area contributed by atoms with Crippen LogP contribution in [0.25, 0.3) is 0 Å². The summed E-state index contributed by atoms with van der Waals surface area (Å²) >= 11 is 0. The van der Waals surface area contributed by atoms with Gasteiger partial charge in [0.25, 0.3) is 0 Å². The van der Waals surface area contributed by atoms with Crippen molar-refractivity contribution in [3.8, 4) is 0 Å². The van der Waals surface area contributed by atoms with Crippen LogP contribution in [0.5, 0.6) is 0 Å². The predicted octanol–water partition coefficient (Wildman–Crippen LogP) is 3.96. The first-order valence-electron chi connectivity index (χ1n) is 8.65. The van der Waals surface area contributed by atoms with Crippen molar-refractivity contribution in [3.63, 3.8) is 0 Å². The molecule has 0 bridgehead atoms. The predicted molar refractivity (Wildman–Crippen MR) is 103 cm³/mol. The Balaban J connectivity index is 2.22. The molecule has 0 saturated carbocycles. The lowest BCUT2D eigenvalue weighted by Crippen LogP contribution is -2.11. The number of anilines is 2. The Morgan fingerprint density at radius 3 is 2.48 bits per heavy atom. The van der Waals surface area contributed by atoms with E-state index >= 15 is 0 Å². The average Bonchev–Trinajstić information content (AvgIpc) is 2.58. The van der Waals surface area contributed by atoms with Crippen molar-refractivity contribution in [2.24, 2.45) is 0 Å². The topological polar surface area (TPSA) is 72.2 Å². The van der Waals surface area contributed by atoms with Crippen LogP contribution in [0.2, 0.25) is 0 Å². The van der Waals surface area contributed by atoms with E-state index in [0.29, 0.717) is 30.5 Å². The normalized spacial score (nSPS) is 10.5. The van der Waals surface area contributed by atoms with E-state index in [1.165, 1.54) is 0 Å². The molecule has 0 unspecified atom stereocenters. The van der Waals surface area contributed by atoms with Crippen LogP contribution in [0.4, 0.5) is 11.4 Å². The SMILES string of the molecule is CCCC(=O)Cc1c(C)cc(C(=O)Cc2ccccc2NC)cc1N. The van der Waals surface area contributed by atoms with Crippen LogP contribution in [0.3, 0.4) is 0 Å². The summed E-state index contributed by atoms with van der Waals surface area (Å²) in [6.07, 6.45) is 2.03. The van der Waals surface area contributed by atoms with Crippen molar-refractivity contribution in [3.05, 3.63) is 58.7 Å². The minimum Gasteiger partial charge on any atom is -0.398 e. The molecule has 2 rings (SSSR count). The van der Waals surface area contributed by atoms with Gasteiger partial charge >= 0.3 is 0 Å². The van der Waals surface area contributed by atoms with Gasteiger partial charge in [0.2, 0.25) is 0 Å². The minimum absolute atomic E-state index is 0.0175. The van der Waals surface area contributed by atoms with Crippen LogP contribution < -0.4 is 11.1 Å². The molecule has 0 aliphatic rings. The fourth-order valence-corrected chi connectivity index (χ4v) is 3.00. The molecule has 2 aromatic carbocycles. The Kier molecular flexibility index (Phi) is 6.34. The first-order chi connectivity index (χ1) is 12.0. The molecule has 0 aromatic heterocycles. The van der Waals surface area contributed by atoms with Gasteiger partial charge in [-0.1, -0.05) is 25.1 Å². The molecule has 25 heavy (non-hydrogen) atoms. The number of hydrogen-bond donors (Lipinski definition) is 2. The number of benzene rings is 2. The van der Waals surface area contributed by atoms with Crippen molar-refractivity contribution in [1.29, 1.82) is 0 Å². The van der Waals surface area contributed by atoms with Crippen LogP contribution in [0.1, 0.15) is 46.8 Å². The molecule has 0 aliphatic carbocycles. The van der Waals surface area contributed by atoms with E-state index in [4.69, 9.17) is 5.73 Å². The van der Waals surface area contributed by atoms with Crippen LogP contribution >= 0.6 is 0 Å². The van der Waals surface area contributed by atoms with E-state index in [2.05, 4.69) is 5.32 Å². The number of para-hydroxylation sites is 1. The lowest BCUT2D eigenvalue weighted by atomic mass is 9.94. The lowest BCUT2D eigenvalue weighted by Gasteiger charge is -2.13. The number of hydrogen-bond acceptors (Lipinski definition) is 4. The molecular weight excluding hydrogens is 312 g/mol. The number of rotatable bonds is 8. The summed E-state index contributed by atoms with van der Waals surface area (Å²) in [5, 5.41) is 3.10. The van der Waals surface area contributed by atoms with Crippen molar-refractivity contribution in [1.82, 2.24) is 0 Å². The number of carbonyl (C=O) groups excluding carboxylic acids is 2. The molecule has 0 saturated heterocycles. The molecule has 0 spiro atoms. The standard InChI is InChI=1S/C21H26N2O2/c1-4-7-17(24)13-18-14(2)10-16(11-19(18)22)21(25)12-15-8-5-6-9-20(15)23-3/h5-6,8-11,23H,4,7,12-13,22H2,1-3H3. The number of nitrogens with one attached hydrogen (secondary N) is 1. The lowest BCUT2D eigenvalue weighted by molar-refractivity contribution is -0.118. The fraction of sp³-hybridized carbons (Fsp3) is 0.333. The number of aryl methyl sites for hydroxylation is 1. The Bertz CT molecular complexity index is 758. The molecule has 4 nitrogen and oxygen atoms in total. The van der Waals surface area contributed by atoms with Crippen LogP contribution in [0, 0.1) is 6.92 Å². The second kappa shape index (κ2) is 8.47. The highest BCUT2D eigenvalue weighted by molar-refractivity contribution is 5.99. The van der Waals surface area contributed by atoms with Crippen molar-refractivity contribution in [2.75, 3.05) is 18.1 Å². The minimum atomic E-state index is 0.0175. The van der Waals surface area contributed by atoms with Crippen LogP contribution in [-0.4, -0.2) is 18.6 Å². The molecule has 0 aliphatic heterocycles. The summed E-state index contributed by atoms with van der Waals surface area (Å²) in [5.41, 5.74) is 10.9. The Morgan fingerprint density at radius 2 is 1.84 bits per heavy atom. The molecule has 0 heterocycles. The van der Waals surface area contributed by atoms with Crippen molar-refractivity contribution >= 4 is 22.9 Å². The molecular formula is C21H26N2O2. The summed E-state index contributed by atoms with van der Waals surface area (Å²) in [6.45, 7) is 3.89. The van der Waals surface area contributed by atoms with E-state index in [-0.39, 0.29) is 11.6 Å². The van der Waals surface area contributed by atoms with E-state index in [1.54, 1.807) is 6.07 Å². The third kappa shape index (κ3) is 4.69. The molecule has 0 atom stereocenters. The van der Waals surface area contributed by atoms with E-state index in [9.17, 15) is 9.59 Å². The molecule has 4 heteroatoms. The molecule has 132 valence electrons. The van der Waals surface area contributed by atoms with Gasteiger partial charge in [0.05, 0.1) is 0 Å².